The Bertz CT molecular complexity index is 1390. The topological polar surface area (TPSA) is 9.23 Å². The van der Waals surface area contributed by atoms with Gasteiger partial charge in [0.2, 0.25) is 0 Å². The van der Waals surface area contributed by atoms with E-state index in [2.05, 4.69) is 135 Å². The van der Waals surface area contributed by atoms with E-state index >= 15 is 0 Å². The van der Waals surface area contributed by atoms with E-state index in [-0.39, 0.29) is 30.2 Å². The van der Waals surface area contributed by atoms with Gasteiger partial charge in [0, 0.05) is 0 Å². The number of hydrogen-bond acceptors (Lipinski definition) is 1. The van der Waals surface area contributed by atoms with Crippen LogP contribution in [0.1, 0.15) is 0 Å². The first-order valence-electron chi connectivity index (χ1n) is 12.6. The van der Waals surface area contributed by atoms with Gasteiger partial charge in [0.1, 0.15) is 0 Å². The fraction of sp³-hybridized carbons (Fsp3) is 0.188. The normalized spacial score (nSPS) is 10.7. The minimum Gasteiger partial charge on any atom is -1.00 e. The van der Waals surface area contributed by atoms with Crippen LogP contribution in [-0.4, -0.2) is 20.4 Å². The first-order valence-corrected chi connectivity index (χ1v) is 21.9. The number of benzene rings is 4. The number of fused-ring (bicyclic) bond motifs is 6. The molecular formula is C32H34Cl2OSi2Zr-2. The van der Waals surface area contributed by atoms with E-state index in [1.165, 1.54) is 49.1 Å². The molecule has 1 nitrogen and oxygen atoms in total. The molecule has 0 atom stereocenters. The van der Waals surface area contributed by atoms with Crippen LogP contribution in [-0.2, 0) is 27.8 Å². The molecule has 0 saturated carbocycles. The van der Waals surface area contributed by atoms with Crippen LogP contribution >= 0.6 is 0 Å². The van der Waals surface area contributed by atoms with Crippen LogP contribution in [0.3, 0.4) is 0 Å². The summed E-state index contributed by atoms with van der Waals surface area (Å²) in [4.78, 5) is 0. The van der Waals surface area contributed by atoms with Gasteiger partial charge in [0.25, 0.3) is 0 Å². The van der Waals surface area contributed by atoms with Crippen molar-refractivity contribution < 1.29 is 52.6 Å². The summed E-state index contributed by atoms with van der Waals surface area (Å²) in [6.45, 7) is 10.1. The molecule has 0 saturated heterocycles. The van der Waals surface area contributed by atoms with Gasteiger partial charge in [0.05, 0.1) is 0 Å². The molecule has 0 unspecified atom stereocenters. The average Bonchev–Trinajstić information content (AvgIpc) is 3.42. The molecule has 0 spiro atoms. The first kappa shape index (κ1) is 32.7. The van der Waals surface area contributed by atoms with Crippen molar-refractivity contribution in [1.82, 2.24) is 0 Å². The van der Waals surface area contributed by atoms with Gasteiger partial charge < -0.3 is 24.8 Å². The maximum absolute atomic E-state index is 5.72. The van der Waals surface area contributed by atoms with Crippen molar-refractivity contribution in [2.24, 2.45) is 0 Å². The summed E-state index contributed by atoms with van der Waals surface area (Å²) in [6, 6.07) is 39.9. The standard InChI is InChI=1S/2C13H9.C6H16OSi2.2ClH.Zr/c2*1-3-7-12-10(5-1)9-11-6-2-4-8-13(11)12;1-8-6-5-7-9(2,3)4;;;/h2*1-9H;5-6H2,1-4H3;2*1H;/q2*-1;;;;+2/p-2. The Morgan fingerprint density at radius 1 is 0.605 bits per heavy atom. The summed E-state index contributed by atoms with van der Waals surface area (Å²) >= 11 is 1.73. The van der Waals surface area contributed by atoms with Crippen molar-refractivity contribution in [3.63, 3.8) is 0 Å². The molecule has 0 fully saturated rings. The van der Waals surface area contributed by atoms with Crippen LogP contribution < -0.4 is 24.8 Å². The van der Waals surface area contributed by atoms with Crippen molar-refractivity contribution in [3.05, 3.63) is 109 Å². The number of halogens is 2. The molecule has 38 heavy (non-hydrogen) atoms. The first-order chi connectivity index (χ1) is 17.3. The van der Waals surface area contributed by atoms with E-state index in [0.29, 0.717) is 0 Å². The molecule has 0 N–H and O–H groups in total. The Kier molecular flexibility index (Phi) is 13.2. The van der Waals surface area contributed by atoms with Gasteiger partial charge in [-0.2, -0.15) is 0 Å². The van der Waals surface area contributed by atoms with Crippen LogP contribution in [0.15, 0.2) is 109 Å². The molecule has 0 bridgehead atoms. The summed E-state index contributed by atoms with van der Waals surface area (Å²) in [7, 11) is -1.20. The van der Waals surface area contributed by atoms with Gasteiger partial charge in [0.15, 0.2) is 0 Å². The maximum atomic E-state index is 5.72. The molecular weight excluding hydrogens is 619 g/mol. The molecule has 6 aromatic carbocycles. The smallest absolute Gasteiger partial charge is 0.0771 e. The molecule has 6 aromatic rings. The Labute approximate surface area is 255 Å². The molecule has 6 rings (SSSR count). The second-order valence-corrected chi connectivity index (χ2v) is 23.0. The SMILES string of the molecule is C[Si](=[Zr+2])CCO[Si](C)(C)C.[Cl-].[Cl-].c1ccc2c(c1)[cH-]c1ccccc12.c1ccc2c(c1)[cH-]c1ccccc12. The average molecular weight is 653 g/mol. The van der Waals surface area contributed by atoms with Crippen LogP contribution in [0.2, 0.25) is 32.2 Å². The largest absolute Gasteiger partial charge is 1.00 e. The van der Waals surface area contributed by atoms with E-state index < -0.39 is 8.32 Å². The van der Waals surface area contributed by atoms with Crippen molar-refractivity contribution >= 4 is 56.8 Å². The third-order valence-corrected chi connectivity index (χ3v) is 9.93. The Morgan fingerprint density at radius 3 is 1.16 bits per heavy atom. The quantitative estimate of drug-likeness (QED) is 0.210. The molecule has 6 heteroatoms. The van der Waals surface area contributed by atoms with Crippen LogP contribution in [0.4, 0.5) is 0 Å². The monoisotopic (exact) mass is 650 g/mol. The van der Waals surface area contributed by atoms with Crippen molar-refractivity contribution in [3.8, 4) is 0 Å². The summed E-state index contributed by atoms with van der Waals surface area (Å²) in [5.74, 6) is 0. The van der Waals surface area contributed by atoms with Crippen molar-refractivity contribution in [2.75, 3.05) is 6.61 Å². The van der Waals surface area contributed by atoms with E-state index in [9.17, 15) is 0 Å². The predicted octanol–water partition coefficient (Wildman–Crippen LogP) is 3.44. The molecule has 0 heterocycles. The number of hydrogen-bond donors (Lipinski definition) is 0. The molecule has 0 aliphatic heterocycles. The van der Waals surface area contributed by atoms with Crippen molar-refractivity contribution in [1.29, 1.82) is 0 Å². The molecule has 0 aliphatic carbocycles. The summed E-state index contributed by atoms with van der Waals surface area (Å²) in [5, 5.41) is 10.8. The van der Waals surface area contributed by atoms with E-state index in [4.69, 9.17) is 4.43 Å². The zero-order valence-electron chi connectivity index (χ0n) is 22.5. The molecule has 196 valence electrons. The zero-order chi connectivity index (χ0) is 25.5. The molecule has 0 radical (unpaired) electrons. The van der Waals surface area contributed by atoms with Gasteiger partial charge in [-0.05, 0) is 0 Å². The van der Waals surface area contributed by atoms with Gasteiger partial charge in [-0.15, -0.1) is 79.5 Å². The van der Waals surface area contributed by atoms with Crippen LogP contribution in [0, 0.1) is 0 Å². The minimum atomic E-state index is -1.20. The van der Waals surface area contributed by atoms with Gasteiger partial charge in [-0.1, -0.05) is 72.8 Å². The maximum Gasteiger partial charge on any atom is -0.0771 e. The van der Waals surface area contributed by atoms with E-state index in [0.717, 1.165) is 6.61 Å². The second kappa shape index (κ2) is 15.3. The van der Waals surface area contributed by atoms with Gasteiger partial charge >= 0.3 is 80.4 Å². The number of rotatable bonds is 4. The summed E-state index contributed by atoms with van der Waals surface area (Å²) < 4.78 is 5.72. The van der Waals surface area contributed by atoms with Gasteiger partial charge in [-0.25, -0.2) is 0 Å². The van der Waals surface area contributed by atoms with E-state index in [1.54, 1.807) is 23.3 Å². The Morgan fingerprint density at radius 2 is 0.895 bits per heavy atom. The molecule has 0 aromatic heterocycles. The molecule has 0 amide bonds. The fourth-order valence-corrected chi connectivity index (χ4v) is 6.40. The second-order valence-electron chi connectivity index (χ2n) is 10.1. The predicted molar refractivity (Wildman–Crippen MR) is 160 cm³/mol. The van der Waals surface area contributed by atoms with Crippen LogP contribution in [0.5, 0.6) is 0 Å². The van der Waals surface area contributed by atoms with Crippen molar-refractivity contribution in [2.45, 2.75) is 32.2 Å². The Balaban J connectivity index is 0.000000198. The summed E-state index contributed by atoms with van der Waals surface area (Å²) in [5.41, 5.74) is 0.0305. The summed E-state index contributed by atoms with van der Waals surface area (Å²) in [6.07, 6.45) is 0. The fourth-order valence-electron chi connectivity index (χ4n) is 4.32. The van der Waals surface area contributed by atoms with Gasteiger partial charge in [-0.3, -0.25) is 0 Å². The third-order valence-electron chi connectivity index (χ3n) is 6.06. The van der Waals surface area contributed by atoms with E-state index in [1.807, 2.05) is 0 Å². The molecule has 0 aliphatic rings. The minimum absolute atomic E-state index is 0. The third kappa shape index (κ3) is 9.01. The zero-order valence-corrected chi connectivity index (χ0v) is 28.4. The van der Waals surface area contributed by atoms with Crippen LogP contribution in [0.25, 0.3) is 43.1 Å². The Hall–Kier alpha value is -1.52.